The summed E-state index contributed by atoms with van der Waals surface area (Å²) >= 11 is 5.94. The summed E-state index contributed by atoms with van der Waals surface area (Å²) < 4.78 is 11.9. The zero-order valence-corrected chi connectivity index (χ0v) is 14.1. The summed E-state index contributed by atoms with van der Waals surface area (Å²) in [6, 6.07) is 0. The molecule has 3 rings (SSSR count). The molecule has 124 valence electrons. The van der Waals surface area contributed by atoms with E-state index >= 15 is 0 Å². The Morgan fingerprint density at radius 2 is 2.09 bits per heavy atom. The van der Waals surface area contributed by atoms with Crippen molar-refractivity contribution in [3.8, 4) is 0 Å². The van der Waals surface area contributed by atoms with E-state index in [9.17, 15) is 4.79 Å². The lowest BCUT2D eigenvalue weighted by Gasteiger charge is -2.20. The third-order valence-corrected chi connectivity index (χ3v) is 4.38. The maximum Gasteiger partial charge on any atom is 0.171 e. The second-order valence-electron chi connectivity index (χ2n) is 6.16. The zero-order valence-electron chi connectivity index (χ0n) is 13.4. The van der Waals surface area contributed by atoms with Gasteiger partial charge in [-0.05, 0) is 25.8 Å². The van der Waals surface area contributed by atoms with E-state index < -0.39 is 5.79 Å². The second-order valence-corrected chi connectivity index (χ2v) is 6.52. The van der Waals surface area contributed by atoms with Crippen molar-refractivity contribution < 1.29 is 14.3 Å². The Hall–Kier alpha value is -1.50. The average Bonchev–Trinajstić information content (AvgIpc) is 2.99. The number of carbonyl (C=O) groups is 1. The molecule has 2 aliphatic rings. The highest BCUT2D eigenvalue weighted by Crippen LogP contribution is 2.42. The highest BCUT2D eigenvalue weighted by molar-refractivity contribution is 6.31. The number of halogens is 1. The molecule has 0 amide bonds. The van der Waals surface area contributed by atoms with Crippen molar-refractivity contribution in [3.05, 3.63) is 29.2 Å². The Morgan fingerprint density at radius 3 is 2.78 bits per heavy atom. The van der Waals surface area contributed by atoms with Gasteiger partial charge in [-0.1, -0.05) is 24.6 Å². The minimum absolute atomic E-state index is 0.0199. The monoisotopic (exact) mass is 337 g/mol. The van der Waals surface area contributed by atoms with E-state index in [-0.39, 0.29) is 35.6 Å². The summed E-state index contributed by atoms with van der Waals surface area (Å²) in [7, 11) is 0. The molecule has 1 saturated heterocycles. The van der Waals surface area contributed by atoms with E-state index in [1.165, 1.54) is 12.4 Å². The molecule has 0 spiro atoms. The van der Waals surface area contributed by atoms with E-state index in [4.69, 9.17) is 21.1 Å². The fourth-order valence-corrected chi connectivity index (χ4v) is 3.25. The average molecular weight is 338 g/mol. The maximum absolute atomic E-state index is 12.6. The summed E-state index contributed by atoms with van der Waals surface area (Å²) in [5, 5.41) is 3.19. The standard InChI is InChI=1S/C16H20ClN3O3/c1-4-9-7-10(13-12(9)22-16(2,3)23-13)11(21)8-20-15-14(17)18-5-6-19-15/h5-7,10,12-13H,4,8H2,1-3H3,(H,19,20)/t10-,12+,13-/m0/s1. The van der Waals surface area contributed by atoms with Crippen LogP contribution in [0.25, 0.3) is 0 Å². The number of Topliss-reactive ketones (excluding diaryl/α,β-unsaturated/α-hetero) is 1. The van der Waals surface area contributed by atoms with E-state index in [1.807, 2.05) is 19.9 Å². The molecule has 1 aromatic heterocycles. The van der Waals surface area contributed by atoms with Gasteiger partial charge in [0.05, 0.1) is 12.5 Å². The SMILES string of the molecule is CCC1=C[C@@H](C(=O)CNc2nccnc2Cl)[C@@H]2OC(C)(C)O[C@H]12. The van der Waals surface area contributed by atoms with Crippen LogP contribution in [0.5, 0.6) is 0 Å². The molecule has 1 fully saturated rings. The van der Waals surface area contributed by atoms with Crippen molar-refractivity contribution in [2.45, 2.75) is 45.2 Å². The fourth-order valence-electron chi connectivity index (χ4n) is 3.08. The third kappa shape index (κ3) is 3.24. The number of hydrogen-bond acceptors (Lipinski definition) is 6. The predicted molar refractivity (Wildman–Crippen MR) is 86.2 cm³/mol. The quantitative estimate of drug-likeness (QED) is 0.832. The summed E-state index contributed by atoms with van der Waals surface area (Å²) in [4.78, 5) is 20.6. The Morgan fingerprint density at radius 1 is 1.35 bits per heavy atom. The first-order valence-corrected chi connectivity index (χ1v) is 8.08. The van der Waals surface area contributed by atoms with E-state index in [2.05, 4.69) is 22.2 Å². The van der Waals surface area contributed by atoms with E-state index in [0.717, 1.165) is 12.0 Å². The summed E-state index contributed by atoms with van der Waals surface area (Å²) in [5.74, 6) is -0.559. The first kappa shape index (κ1) is 16.4. The van der Waals surface area contributed by atoms with E-state index in [1.54, 1.807) is 0 Å². The van der Waals surface area contributed by atoms with Crippen molar-refractivity contribution in [2.75, 3.05) is 11.9 Å². The van der Waals surface area contributed by atoms with Crippen molar-refractivity contribution >= 4 is 23.2 Å². The molecule has 1 aliphatic heterocycles. The molecule has 1 aromatic rings. The number of ether oxygens (including phenoxy) is 2. The van der Waals surface area contributed by atoms with Gasteiger partial charge in [0.15, 0.2) is 22.5 Å². The van der Waals surface area contributed by atoms with Gasteiger partial charge >= 0.3 is 0 Å². The number of ketones is 1. The molecule has 0 aromatic carbocycles. The fraction of sp³-hybridized carbons (Fsp3) is 0.562. The van der Waals surface area contributed by atoms with Gasteiger partial charge in [-0.3, -0.25) is 4.79 Å². The topological polar surface area (TPSA) is 73.3 Å². The van der Waals surface area contributed by atoms with Gasteiger partial charge in [0, 0.05) is 12.4 Å². The maximum atomic E-state index is 12.6. The molecular weight excluding hydrogens is 318 g/mol. The molecule has 7 heteroatoms. The Labute approximate surface area is 140 Å². The summed E-state index contributed by atoms with van der Waals surface area (Å²) in [5.41, 5.74) is 1.12. The predicted octanol–water partition coefficient (Wildman–Crippen LogP) is 2.60. The van der Waals surface area contributed by atoms with Gasteiger partial charge in [0.25, 0.3) is 0 Å². The number of rotatable bonds is 5. The Bertz CT molecular complexity index is 647. The lowest BCUT2D eigenvalue weighted by Crippen LogP contribution is -2.34. The van der Waals surface area contributed by atoms with Crippen LogP contribution in [-0.4, -0.2) is 40.3 Å². The van der Waals surface area contributed by atoms with Crippen molar-refractivity contribution in [2.24, 2.45) is 5.92 Å². The Kier molecular flexibility index (Phi) is 4.40. The molecule has 6 nitrogen and oxygen atoms in total. The van der Waals surface area contributed by atoms with Crippen LogP contribution in [0.15, 0.2) is 24.0 Å². The number of aromatic nitrogens is 2. The lowest BCUT2D eigenvalue weighted by molar-refractivity contribution is -0.151. The third-order valence-electron chi connectivity index (χ3n) is 4.11. The van der Waals surface area contributed by atoms with Crippen molar-refractivity contribution in [3.63, 3.8) is 0 Å². The zero-order chi connectivity index (χ0) is 16.6. The molecule has 0 bridgehead atoms. The van der Waals surface area contributed by atoms with Gasteiger partial charge < -0.3 is 14.8 Å². The molecule has 0 unspecified atom stereocenters. The van der Waals surface area contributed by atoms with E-state index in [0.29, 0.717) is 5.82 Å². The van der Waals surface area contributed by atoms with Crippen LogP contribution >= 0.6 is 11.6 Å². The Balaban J connectivity index is 1.70. The molecule has 1 N–H and O–H groups in total. The number of fused-ring (bicyclic) bond motifs is 1. The summed E-state index contributed by atoms with van der Waals surface area (Å²) in [6.07, 6.45) is 5.45. The largest absolute Gasteiger partial charge is 0.360 e. The molecule has 2 heterocycles. The molecular formula is C16H20ClN3O3. The van der Waals surface area contributed by atoms with Crippen LogP contribution in [0, 0.1) is 5.92 Å². The van der Waals surface area contributed by atoms with Crippen molar-refractivity contribution in [1.82, 2.24) is 9.97 Å². The summed E-state index contributed by atoms with van der Waals surface area (Å²) in [6.45, 7) is 5.92. The van der Waals surface area contributed by atoms with Gasteiger partial charge in [0.1, 0.15) is 12.2 Å². The molecule has 0 radical (unpaired) electrons. The molecule has 0 saturated carbocycles. The molecule has 1 aliphatic carbocycles. The second kappa shape index (κ2) is 6.19. The minimum Gasteiger partial charge on any atom is -0.360 e. The van der Waals surface area contributed by atoms with Gasteiger partial charge in [0.2, 0.25) is 0 Å². The first-order valence-electron chi connectivity index (χ1n) is 7.70. The minimum atomic E-state index is -0.663. The van der Waals surface area contributed by atoms with Crippen LogP contribution in [0.1, 0.15) is 27.2 Å². The molecule has 3 atom stereocenters. The van der Waals surface area contributed by atoms with Gasteiger partial charge in [-0.15, -0.1) is 0 Å². The van der Waals surface area contributed by atoms with Crippen LogP contribution in [0.4, 0.5) is 5.82 Å². The van der Waals surface area contributed by atoms with Crippen LogP contribution in [0.3, 0.4) is 0 Å². The van der Waals surface area contributed by atoms with Crippen LogP contribution in [-0.2, 0) is 14.3 Å². The van der Waals surface area contributed by atoms with Gasteiger partial charge in [-0.25, -0.2) is 9.97 Å². The number of nitrogens with one attached hydrogen (secondary N) is 1. The highest BCUT2D eigenvalue weighted by Gasteiger charge is 2.51. The number of nitrogens with zero attached hydrogens (tertiary/aromatic N) is 2. The van der Waals surface area contributed by atoms with Gasteiger partial charge in [-0.2, -0.15) is 0 Å². The smallest absolute Gasteiger partial charge is 0.171 e. The number of hydrogen-bond donors (Lipinski definition) is 1. The number of anilines is 1. The number of carbonyl (C=O) groups excluding carboxylic acids is 1. The molecule has 23 heavy (non-hydrogen) atoms. The van der Waals surface area contributed by atoms with Crippen LogP contribution < -0.4 is 5.32 Å². The lowest BCUT2D eigenvalue weighted by atomic mass is 10.00. The van der Waals surface area contributed by atoms with Crippen molar-refractivity contribution in [1.29, 1.82) is 0 Å². The van der Waals surface area contributed by atoms with Crippen LogP contribution in [0.2, 0.25) is 5.15 Å². The first-order chi connectivity index (χ1) is 10.9. The highest BCUT2D eigenvalue weighted by atomic mass is 35.5. The normalized spacial score (nSPS) is 28.3.